The lowest BCUT2D eigenvalue weighted by Crippen LogP contribution is -2.27. The van der Waals surface area contributed by atoms with Gasteiger partial charge in [-0.2, -0.15) is 5.26 Å². The van der Waals surface area contributed by atoms with E-state index in [-0.39, 0.29) is 10.6 Å². The highest BCUT2D eigenvalue weighted by Crippen LogP contribution is 2.28. The van der Waals surface area contributed by atoms with E-state index in [1.54, 1.807) is 0 Å². The van der Waals surface area contributed by atoms with Gasteiger partial charge in [0, 0.05) is 12.0 Å². The van der Waals surface area contributed by atoms with Crippen molar-refractivity contribution in [2.45, 2.75) is 19.3 Å². The Morgan fingerprint density at radius 1 is 1.37 bits per heavy atom. The molecule has 0 spiro atoms. The molecule has 0 saturated carbocycles. The number of nitrogens with one attached hydrogen (secondary N) is 1. The average Bonchev–Trinajstić information content (AvgIpc) is 2.78. The summed E-state index contributed by atoms with van der Waals surface area (Å²) < 4.78 is 0. The van der Waals surface area contributed by atoms with E-state index < -0.39 is 0 Å². The van der Waals surface area contributed by atoms with Crippen LogP contribution in [0.2, 0.25) is 5.15 Å². The number of hydrogen-bond acceptors (Lipinski definition) is 4. The first-order chi connectivity index (χ1) is 9.03. The summed E-state index contributed by atoms with van der Waals surface area (Å²) in [6.45, 7) is 5.05. The molecule has 98 valence electrons. The minimum Gasteiger partial charge on any atom is -0.361 e. The van der Waals surface area contributed by atoms with Gasteiger partial charge in [-0.05, 0) is 5.56 Å². The Hall–Kier alpha value is -1.57. The zero-order valence-electron chi connectivity index (χ0n) is 10.8. The number of benzene rings is 1. The van der Waals surface area contributed by atoms with E-state index in [4.69, 9.17) is 16.9 Å². The first-order valence-electron chi connectivity index (χ1n) is 5.89. The molecular formula is C14H14ClN3S. The highest BCUT2D eigenvalue weighted by atomic mass is 35.5. The number of halogens is 1. The monoisotopic (exact) mass is 291 g/mol. The van der Waals surface area contributed by atoms with E-state index in [0.29, 0.717) is 10.0 Å². The number of nitriles is 1. The summed E-state index contributed by atoms with van der Waals surface area (Å²) >= 11 is 7.13. The van der Waals surface area contributed by atoms with Gasteiger partial charge in [-0.3, -0.25) is 0 Å². The van der Waals surface area contributed by atoms with Crippen molar-refractivity contribution in [1.82, 2.24) is 4.98 Å². The third kappa shape index (κ3) is 3.25. The summed E-state index contributed by atoms with van der Waals surface area (Å²) in [4.78, 5) is 4.57. The maximum atomic E-state index is 8.85. The van der Waals surface area contributed by atoms with Crippen LogP contribution in [-0.2, 0) is 5.41 Å². The quantitative estimate of drug-likeness (QED) is 0.924. The van der Waals surface area contributed by atoms with Gasteiger partial charge in [-0.15, -0.1) is 0 Å². The van der Waals surface area contributed by atoms with E-state index in [1.165, 1.54) is 16.9 Å². The Labute approximate surface area is 121 Å². The van der Waals surface area contributed by atoms with Gasteiger partial charge in [-0.25, -0.2) is 4.98 Å². The van der Waals surface area contributed by atoms with Crippen LogP contribution in [0.5, 0.6) is 0 Å². The maximum absolute atomic E-state index is 8.85. The molecule has 2 aromatic rings. The summed E-state index contributed by atoms with van der Waals surface area (Å²) in [7, 11) is 0. The Kier molecular flexibility index (Phi) is 4.08. The fourth-order valence-electron chi connectivity index (χ4n) is 1.73. The highest BCUT2D eigenvalue weighted by Gasteiger charge is 2.21. The fraction of sp³-hybridized carbons (Fsp3) is 0.286. The molecule has 2 rings (SSSR count). The molecular weight excluding hydrogens is 278 g/mol. The third-order valence-electron chi connectivity index (χ3n) is 2.92. The van der Waals surface area contributed by atoms with Gasteiger partial charge in [0.25, 0.3) is 0 Å². The van der Waals surface area contributed by atoms with E-state index >= 15 is 0 Å². The summed E-state index contributed by atoms with van der Waals surface area (Å²) in [5.41, 5.74) is 1.23. The second-order valence-corrected chi connectivity index (χ2v) is 6.21. The number of aromatic nitrogens is 1. The Balaban J connectivity index is 2.07. The van der Waals surface area contributed by atoms with Gasteiger partial charge < -0.3 is 5.32 Å². The number of anilines is 1. The summed E-state index contributed by atoms with van der Waals surface area (Å²) in [5, 5.41) is 13.1. The molecule has 0 bridgehead atoms. The van der Waals surface area contributed by atoms with Crippen molar-refractivity contribution in [1.29, 1.82) is 5.26 Å². The van der Waals surface area contributed by atoms with Crippen molar-refractivity contribution in [3.8, 4) is 6.07 Å². The number of hydrogen-bond donors (Lipinski definition) is 1. The van der Waals surface area contributed by atoms with Gasteiger partial charge in [0.05, 0.1) is 0 Å². The van der Waals surface area contributed by atoms with Crippen molar-refractivity contribution < 1.29 is 0 Å². The molecule has 5 heteroatoms. The Bertz CT molecular complexity index is 599. The zero-order valence-corrected chi connectivity index (χ0v) is 12.3. The number of rotatable bonds is 4. The van der Waals surface area contributed by atoms with Crippen LogP contribution in [0.4, 0.5) is 5.13 Å². The first-order valence-corrected chi connectivity index (χ1v) is 7.08. The molecule has 0 aliphatic carbocycles. The van der Waals surface area contributed by atoms with Crippen molar-refractivity contribution >= 4 is 28.1 Å². The van der Waals surface area contributed by atoms with Crippen LogP contribution >= 0.6 is 22.9 Å². The molecule has 19 heavy (non-hydrogen) atoms. The predicted octanol–water partition coefficient (Wildman–Crippen LogP) is 4.06. The molecule has 0 aliphatic heterocycles. The lowest BCUT2D eigenvalue weighted by molar-refractivity contribution is 0.557. The van der Waals surface area contributed by atoms with Gasteiger partial charge in [-0.1, -0.05) is 67.1 Å². The van der Waals surface area contributed by atoms with Crippen LogP contribution in [0.3, 0.4) is 0 Å². The van der Waals surface area contributed by atoms with Crippen LogP contribution in [0.1, 0.15) is 24.3 Å². The number of thiazole rings is 1. The SMILES string of the molecule is CC(C)(CNc1nc(Cl)c(C#N)s1)c1ccccc1. The molecule has 3 nitrogen and oxygen atoms in total. The second kappa shape index (κ2) is 5.60. The van der Waals surface area contributed by atoms with Crippen molar-refractivity contribution in [2.24, 2.45) is 0 Å². The molecule has 1 heterocycles. The fourth-order valence-corrected chi connectivity index (χ4v) is 2.68. The molecule has 0 saturated heterocycles. The summed E-state index contributed by atoms with van der Waals surface area (Å²) in [6.07, 6.45) is 0. The zero-order chi connectivity index (χ0) is 13.9. The largest absolute Gasteiger partial charge is 0.361 e. The highest BCUT2D eigenvalue weighted by molar-refractivity contribution is 7.16. The molecule has 1 aromatic heterocycles. The van der Waals surface area contributed by atoms with Crippen LogP contribution in [0, 0.1) is 11.3 Å². The summed E-state index contributed by atoms with van der Waals surface area (Å²) in [6, 6.07) is 12.3. The van der Waals surface area contributed by atoms with Gasteiger partial charge in [0.1, 0.15) is 10.9 Å². The van der Waals surface area contributed by atoms with Crippen molar-refractivity contribution in [3.05, 3.63) is 45.9 Å². The van der Waals surface area contributed by atoms with Crippen LogP contribution in [0.25, 0.3) is 0 Å². The maximum Gasteiger partial charge on any atom is 0.185 e. The topological polar surface area (TPSA) is 48.7 Å². The predicted molar refractivity (Wildman–Crippen MR) is 79.8 cm³/mol. The van der Waals surface area contributed by atoms with Gasteiger partial charge in [0.2, 0.25) is 0 Å². The molecule has 0 radical (unpaired) electrons. The standard InChI is InChI=1S/C14H14ClN3S/c1-14(2,10-6-4-3-5-7-10)9-17-13-18-12(15)11(8-16)19-13/h3-7H,9H2,1-2H3,(H,17,18). The molecule has 0 atom stereocenters. The second-order valence-electron chi connectivity index (χ2n) is 4.85. The molecule has 0 amide bonds. The molecule has 0 fully saturated rings. The molecule has 1 N–H and O–H groups in total. The Morgan fingerprint density at radius 2 is 2.05 bits per heavy atom. The van der Waals surface area contributed by atoms with E-state index in [2.05, 4.69) is 36.3 Å². The molecule has 1 aromatic carbocycles. The van der Waals surface area contributed by atoms with Crippen LogP contribution in [0.15, 0.2) is 30.3 Å². The lowest BCUT2D eigenvalue weighted by atomic mass is 9.85. The number of nitrogens with zero attached hydrogens (tertiary/aromatic N) is 2. The summed E-state index contributed by atoms with van der Waals surface area (Å²) in [5.74, 6) is 0. The van der Waals surface area contributed by atoms with E-state index in [1.807, 2.05) is 24.3 Å². The van der Waals surface area contributed by atoms with Gasteiger partial charge >= 0.3 is 0 Å². The first kappa shape index (κ1) is 13.9. The smallest absolute Gasteiger partial charge is 0.185 e. The van der Waals surface area contributed by atoms with Gasteiger partial charge in [0.15, 0.2) is 10.3 Å². The molecule has 0 aliphatic rings. The average molecular weight is 292 g/mol. The van der Waals surface area contributed by atoms with Crippen LogP contribution in [-0.4, -0.2) is 11.5 Å². The van der Waals surface area contributed by atoms with E-state index in [9.17, 15) is 0 Å². The molecule has 0 unspecified atom stereocenters. The van der Waals surface area contributed by atoms with Crippen molar-refractivity contribution in [3.63, 3.8) is 0 Å². The Morgan fingerprint density at radius 3 is 2.63 bits per heavy atom. The minimum atomic E-state index is -0.0216. The normalized spacial score (nSPS) is 11.1. The lowest BCUT2D eigenvalue weighted by Gasteiger charge is -2.25. The van der Waals surface area contributed by atoms with Crippen LogP contribution < -0.4 is 5.32 Å². The van der Waals surface area contributed by atoms with E-state index in [0.717, 1.165) is 6.54 Å². The third-order valence-corrected chi connectivity index (χ3v) is 4.23. The minimum absolute atomic E-state index is 0.0216. The van der Waals surface area contributed by atoms with Crippen molar-refractivity contribution in [2.75, 3.05) is 11.9 Å².